The Morgan fingerprint density at radius 2 is 1.79 bits per heavy atom. The first-order chi connectivity index (χ1) is 13.9. The predicted molar refractivity (Wildman–Crippen MR) is 109 cm³/mol. The van der Waals surface area contributed by atoms with Crippen LogP contribution in [0.1, 0.15) is 23.1 Å². The molecule has 7 heteroatoms. The van der Waals surface area contributed by atoms with E-state index in [1.54, 1.807) is 4.90 Å². The van der Waals surface area contributed by atoms with Gasteiger partial charge in [0.1, 0.15) is 0 Å². The van der Waals surface area contributed by atoms with Gasteiger partial charge in [-0.25, -0.2) is 4.79 Å². The van der Waals surface area contributed by atoms with Crippen molar-refractivity contribution in [1.82, 2.24) is 4.90 Å². The van der Waals surface area contributed by atoms with Gasteiger partial charge in [-0.1, -0.05) is 29.8 Å². The van der Waals surface area contributed by atoms with Crippen LogP contribution in [0.25, 0.3) is 0 Å². The normalized spacial score (nSPS) is 19.8. The van der Waals surface area contributed by atoms with Crippen LogP contribution in [0.5, 0.6) is 0 Å². The number of nitrogens with zero attached hydrogens (tertiary/aromatic N) is 1. The largest absolute Gasteiger partial charge is 0.481 e. The summed E-state index contributed by atoms with van der Waals surface area (Å²) in [6.45, 7) is 2.94. The van der Waals surface area contributed by atoms with E-state index in [0.29, 0.717) is 31.6 Å². The van der Waals surface area contributed by atoms with Crippen molar-refractivity contribution in [2.24, 2.45) is 11.8 Å². The van der Waals surface area contributed by atoms with Gasteiger partial charge in [0.2, 0.25) is 5.91 Å². The van der Waals surface area contributed by atoms with Gasteiger partial charge in [-0.15, -0.1) is 0 Å². The molecule has 2 aromatic carbocycles. The van der Waals surface area contributed by atoms with Crippen molar-refractivity contribution in [1.29, 1.82) is 0 Å². The quantitative estimate of drug-likeness (QED) is 0.743. The third kappa shape index (κ3) is 4.08. The van der Waals surface area contributed by atoms with Crippen LogP contribution in [0, 0.1) is 18.8 Å². The van der Waals surface area contributed by atoms with E-state index in [-0.39, 0.29) is 11.9 Å². The Morgan fingerprint density at radius 1 is 1.03 bits per heavy atom. The number of amides is 3. The third-order valence-electron chi connectivity index (χ3n) is 5.56. The summed E-state index contributed by atoms with van der Waals surface area (Å²) in [6.07, 6.45) is 1.05. The summed E-state index contributed by atoms with van der Waals surface area (Å²) in [5.74, 6) is -1.91. The minimum absolute atomic E-state index is 0.0847. The van der Waals surface area contributed by atoms with Gasteiger partial charge in [0.25, 0.3) is 0 Å². The van der Waals surface area contributed by atoms with Gasteiger partial charge in [-0.2, -0.15) is 0 Å². The maximum absolute atomic E-state index is 12.6. The fraction of sp³-hybridized carbons (Fsp3) is 0.318. The summed E-state index contributed by atoms with van der Waals surface area (Å²) in [5.41, 5.74) is 4.56. The second kappa shape index (κ2) is 7.58. The molecule has 7 nitrogen and oxygen atoms in total. The van der Waals surface area contributed by atoms with E-state index in [9.17, 15) is 14.4 Å². The number of rotatable bonds is 4. The molecule has 3 N–H and O–H groups in total. The third-order valence-corrected chi connectivity index (χ3v) is 5.56. The van der Waals surface area contributed by atoms with Gasteiger partial charge in [0, 0.05) is 24.5 Å². The standard InChI is InChI=1S/C22H23N3O4/c1-13-5-7-15(8-6-13)23-22(29)24-19-4-2-3-14-12-25(10-9-16(14)19)20(26)17-11-18(17)21(27)28/h2-8,17-18H,9-12H2,1H3,(H,27,28)(H2,23,24,29). The number of carbonyl (C=O) groups excluding carboxylic acids is 2. The van der Waals surface area contributed by atoms with Crippen molar-refractivity contribution in [3.63, 3.8) is 0 Å². The monoisotopic (exact) mass is 393 g/mol. The number of fused-ring (bicyclic) bond motifs is 1. The second-order valence-electron chi connectivity index (χ2n) is 7.69. The smallest absolute Gasteiger partial charge is 0.323 e. The molecule has 2 aromatic rings. The van der Waals surface area contributed by atoms with Crippen molar-refractivity contribution in [3.05, 3.63) is 59.2 Å². The van der Waals surface area contributed by atoms with Crippen LogP contribution in [0.2, 0.25) is 0 Å². The van der Waals surface area contributed by atoms with Crippen molar-refractivity contribution in [2.75, 3.05) is 17.2 Å². The maximum Gasteiger partial charge on any atom is 0.323 e. The number of hydrogen-bond donors (Lipinski definition) is 3. The first-order valence-electron chi connectivity index (χ1n) is 9.69. The van der Waals surface area contributed by atoms with E-state index in [0.717, 1.165) is 22.4 Å². The zero-order valence-electron chi connectivity index (χ0n) is 16.1. The lowest BCUT2D eigenvalue weighted by molar-refractivity contribution is -0.142. The summed E-state index contributed by atoms with van der Waals surface area (Å²) in [6, 6.07) is 12.9. The predicted octanol–water partition coefficient (Wildman–Crippen LogP) is 3.24. The molecule has 2 aliphatic rings. The van der Waals surface area contributed by atoms with Crippen molar-refractivity contribution in [3.8, 4) is 0 Å². The van der Waals surface area contributed by atoms with Crippen LogP contribution >= 0.6 is 0 Å². The number of benzene rings is 2. The molecular formula is C22H23N3O4. The Kier molecular flexibility index (Phi) is 4.96. The number of carbonyl (C=O) groups is 3. The number of anilines is 2. The molecule has 0 saturated heterocycles. The number of urea groups is 1. The molecule has 3 amide bonds. The fourth-order valence-corrected chi connectivity index (χ4v) is 3.81. The lowest BCUT2D eigenvalue weighted by atomic mass is 9.97. The van der Waals surface area contributed by atoms with E-state index >= 15 is 0 Å². The molecule has 0 spiro atoms. The van der Waals surface area contributed by atoms with Gasteiger partial charge < -0.3 is 20.6 Å². The first-order valence-corrected chi connectivity index (χ1v) is 9.69. The number of carboxylic acids is 1. The molecule has 2 atom stereocenters. The Hall–Kier alpha value is -3.35. The summed E-state index contributed by atoms with van der Waals surface area (Å²) in [7, 11) is 0. The van der Waals surface area contributed by atoms with Gasteiger partial charge in [0.05, 0.1) is 11.8 Å². The number of nitrogens with one attached hydrogen (secondary N) is 2. The lowest BCUT2D eigenvalue weighted by Gasteiger charge is -2.30. The average Bonchev–Trinajstić information content (AvgIpc) is 3.50. The Bertz CT molecular complexity index is 971. The fourth-order valence-electron chi connectivity index (χ4n) is 3.81. The van der Waals surface area contributed by atoms with E-state index in [1.165, 1.54) is 0 Å². The number of hydrogen-bond acceptors (Lipinski definition) is 3. The number of aryl methyl sites for hydroxylation is 1. The van der Waals surface area contributed by atoms with Crippen LogP contribution in [-0.2, 0) is 22.6 Å². The number of carboxylic acid groups (broad SMARTS) is 1. The van der Waals surface area contributed by atoms with Crippen molar-refractivity contribution >= 4 is 29.3 Å². The Balaban J connectivity index is 1.42. The molecule has 150 valence electrons. The maximum atomic E-state index is 12.6. The molecule has 1 heterocycles. The molecule has 2 unspecified atom stereocenters. The van der Waals surface area contributed by atoms with Crippen LogP contribution in [-0.4, -0.2) is 34.5 Å². The van der Waals surface area contributed by atoms with Gasteiger partial charge in [-0.05, 0) is 49.1 Å². The van der Waals surface area contributed by atoms with E-state index in [1.807, 2.05) is 49.4 Å². The molecule has 1 fully saturated rings. The zero-order valence-corrected chi connectivity index (χ0v) is 16.1. The zero-order chi connectivity index (χ0) is 20.5. The van der Waals surface area contributed by atoms with Crippen LogP contribution in [0.4, 0.5) is 16.2 Å². The molecule has 29 heavy (non-hydrogen) atoms. The molecule has 4 rings (SSSR count). The van der Waals surface area contributed by atoms with E-state index in [4.69, 9.17) is 5.11 Å². The Labute approximate surface area is 168 Å². The summed E-state index contributed by atoms with van der Waals surface area (Å²) in [5, 5.41) is 14.8. The van der Waals surface area contributed by atoms with Crippen LogP contribution in [0.15, 0.2) is 42.5 Å². The van der Waals surface area contributed by atoms with Crippen LogP contribution in [0.3, 0.4) is 0 Å². The van der Waals surface area contributed by atoms with Crippen molar-refractivity contribution < 1.29 is 19.5 Å². The molecular weight excluding hydrogens is 370 g/mol. The van der Waals surface area contributed by atoms with Crippen LogP contribution < -0.4 is 10.6 Å². The second-order valence-corrected chi connectivity index (χ2v) is 7.69. The van der Waals surface area contributed by atoms with E-state index in [2.05, 4.69) is 10.6 Å². The first kappa shape index (κ1) is 19.0. The van der Waals surface area contributed by atoms with Gasteiger partial charge in [-0.3, -0.25) is 9.59 Å². The molecule has 1 saturated carbocycles. The minimum atomic E-state index is -0.896. The summed E-state index contributed by atoms with van der Waals surface area (Å²) < 4.78 is 0. The Morgan fingerprint density at radius 3 is 2.48 bits per heavy atom. The van der Waals surface area contributed by atoms with Gasteiger partial charge in [0.15, 0.2) is 0 Å². The molecule has 0 aromatic heterocycles. The number of aliphatic carboxylic acids is 1. The molecule has 0 bridgehead atoms. The minimum Gasteiger partial charge on any atom is -0.481 e. The highest BCUT2D eigenvalue weighted by molar-refractivity contribution is 6.00. The molecule has 1 aliphatic heterocycles. The topological polar surface area (TPSA) is 98.7 Å². The SMILES string of the molecule is Cc1ccc(NC(=O)Nc2cccc3c2CCN(C(=O)C2CC2C(=O)O)C3)cc1. The summed E-state index contributed by atoms with van der Waals surface area (Å²) >= 11 is 0. The van der Waals surface area contributed by atoms with E-state index < -0.39 is 17.8 Å². The average molecular weight is 393 g/mol. The molecule has 0 radical (unpaired) electrons. The molecule has 1 aliphatic carbocycles. The highest BCUT2D eigenvalue weighted by Crippen LogP contribution is 2.41. The lowest BCUT2D eigenvalue weighted by Crippen LogP contribution is -2.38. The summed E-state index contributed by atoms with van der Waals surface area (Å²) in [4.78, 5) is 37.7. The highest BCUT2D eigenvalue weighted by Gasteiger charge is 2.50. The van der Waals surface area contributed by atoms with Crippen molar-refractivity contribution in [2.45, 2.75) is 26.3 Å². The van der Waals surface area contributed by atoms with Gasteiger partial charge >= 0.3 is 12.0 Å². The highest BCUT2D eigenvalue weighted by atomic mass is 16.4.